The molecule has 3 heterocycles. The third-order valence-electron chi connectivity index (χ3n) is 6.61. The fraction of sp³-hybridized carbons (Fsp3) is 0.500. The maximum absolute atomic E-state index is 15.1. The summed E-state index contributed by atoms with van der Waals surface area (Å²) >= 11 is 1.21. The van der Waals surface area contributed by atoms with E-state index in [0.29, 0.717) is 37.1 Å². The van der Waals surface area contributed by atoms with Crippen LogP contribution in [-0.4, -0.2) is 66.7 Å². The fourth-order valence-electron chi connectivity index (χ4n) is 4.74. The Balaban J connectivity index is 1.34. The highest BCUT2D eigenvalue weighted by molar-refractivity contribution is 7.15. The largest absolute Gasteiger partial charge is 0.442 e. The van der Waals surface area contributed by atoms with E-state index >= 15 is 4.39 Å². The Morgan fingerprint density at radius 1 is 1.31 bits per heavy atom. The molecule has 0 bridgehead atoms. The van der Waals surface area contributed by atoms with Gasteiger partial charge in [0.2, 0.25) is 5.91 Å². The average molecular weight is 520 g/mol. The van der Waals surface area contributed by atoms with E-state index in [1.165, 1.54) is 29.2 Å². The molecule has 12 heteroatoms. The van der Waals surface area contributed by atoms with Gasteiger partial charge >= 0.3 is 11.1 Å². The van der Waals surface area contributed by atoms with Crippen LogP contribution in [-0.2, 0) is 16.1 Å². The van der Waals surface area contributed by atoms with Gasteiger partial charge in [-0.05, 0) is 43.7 Å². The van der Waals surface area contributed by atoms with Gasteiger partial charge in [-0.15, -0.1) is 0 Å². The number of hydrogen-bond acceptors (Lipinski definition) is 8. The highest BCUT2D eigenvalue weighted by Crippen LogP contribution is 2.31. The van der Waals surface area contributed by atoms with Gasteiger partial charge in [0.05, 0.1) is 29.4 Å². The van der Waals surface area contributed by atoms with Crippen LogP contribution in [0.4, 0.5) is 25.6 Å². The SMILES string of the molecule is CCN(Cc1ccc([N+](=O)[O-])s1)C1CCN(c2ccc(N3C[C@H](CNC(C)=O)OC3=O)cc2F)CC1. The summed E-state index contributed by atoms with van der Waals surface area (Å²) in [5.74, 6) is -0.608. The van der Waals surface area contributed by atoms with E-state index in [9.17, 15) is 19.7 Å². The summed E-state index contributed by atoms with van der Waals surface area (Å²) in [6.07, 6.45) is 0.663. The van der Waals surface area contributed by atoms with Gasteiger partial charge in [0.1, 0.15) is 11.9 Å². The number of benzene rings is 1. The first-order chi connectivity index (χ1) is 17.2. The van der Waals surface area contributed by atoms with Gasteiger partial charge in [-0.1, -0.05) is 18.3 Å². The Labute approximate surface area is 212 Å². The van der Waals surface area contributed by atoms with Crippen LogP contribution in [0.5, 0.6) is 0 Å². The number of nitro groups is 1. The number of carbonyl (C=O) groups excluding carboxylic acids is 2. The molecular formula is C24H30FN5O5S. The van der Waals surface area contributed by atoms with Crippen molar-refractivity contribution in [2.75, 3.05) is 42.5 Å². The standard InChI is InChI=1S/C24H30FN5O5S/c1-3-27(15-20-5-7-23(36-20)30(33)34)17-8-10-28(11-9-17)22-6-4-18(12-21(22)25)29-14-19(35-24(29)32)13-26-16(2)31/h4-7,12,17,19H,3,8-11,13-15H2,1-2H3,(H,26,31)/t19-/m0/s1. The Kier molecular flexibility index (Phi) is 8.04. The summed E-state index contributed by atoms with van der Waals surface area (Å²) in [7, 11) is 0. The molecule has 1 aromatic heterocycles. The molecule has 0 radical (unpaired) electrons. The first-order valence-electron chi connectivity index (χ1n) is 12.0. The van der Waals surface area contributed by atoms with Crippen molar-refractivity contribution in [1.82, 2.24) is 10.2 Å². The summed E-state index contributed by atoms with van der Waals surface area (Å²) in [6.45, 7) is 6.79. The smallest absolute Gasteiger partial charge is 0.414 e. The van der Waals surface area contributed by atoms with Crippen molar-refractivity contribution in [3.8, 4) is 0 Å². The molecule has 36 heavy (non-hydrogen) atoms. The van der Waals surface area contributed by atoms with Crippen LogP contribution in [0.1, 0.15) is 31.6 Å². The van der Waals surface area contributed by atoms with Crippen LogP contribution < -0.4 is 15.1 Å². The minimum atomic E-state index is -0.561. The number of nitrogens with zero attached hydrogens (tertiary/aromatic N) is 4. The summed E-state index contributed by atoms with van der Waals surface area (Å²) in [4.78, 5) is 40.6. The van der Waals surface area contributed by atoms with Gasteiger partial charge in [0, 0.05) is 43.5 Å². The lowest BCUT2D eigenvalue weighted by molar-refractivity contribution is -0.380. The van der Waals surface area contributed by atoms with Crippen LogP contribution in [0.25, 0.3) is 0 Å². The lowest BCUT2D eigenvalue weighted by atomic mass is 10.0. The monoisotopic (exact) mass is 519 g/mol. The summed E-state index contributed by atoms with van der Waals surface area (Å²) < 4.78 is 20.4. The number of cyclic esters (lactones) is 1. The number of ether oxygens (including phenoxy) is 1. The van der Waals surface area contributed by atoms with Crippen molar-refractivity contribution in [3.05, 3.63) is 51.1 Å². The second-order valence-corrected chi connectivity index (χ2v) is 10.1. The second kappa shape index (κ2) is 11.2. The van der Waals surface area contributed by atoms with E-state index in [4.69, 9.17) is 4.74 Å². The van der Waals surface area contributed by atoms with E-state index in [1.807, 2.05) is 11.0 Å². The molecule has 2 fully saturated rings. The molecule has 1 atom stereocenters. The zero-order chi connectivity index (χ0) is 25.8. The van der Waals surface area contributed by atoms with E-state index in [1.54, 1.807) is 18.2 Å². The summed E-state index contributed by atoms with van der Waals surface area (Å²) in [6, 6.07) is 8.44. The molecule has 1 N–H and O–H groups in total. The predicted octanol–water partition coefficient (Wildman–Crippen LogP) is 3.75. The number of thiophene rings is 1. The molecule has 2 aromatic rings. The van der Waals surface area contributed by atoms with E-state index in [-0.39, 0.29) is 28.9 Å². The second-order valence-electron chi connectivity index (χ2n) is 8.97. The van der Waals surface area contributed by atoms with Crippen molar-refractivity contribution in [3.63, 3.8) is 0 Å². The third-order valence-corrected chi connectivity index (χ3v) is 7.63. The Morgan fingerprint density at radius 2 is 2.06 bits per heavy atom. The molecule has 4 rings (SSSR count). The predicted molar refractivity (Wildman–Crippen MR) is 135 cm³/mol. The highest BCUT2D eigenvalue weighted by Gasteiger charge is 2.33. The lowest BCUT2D eigenvalue weighted by Gasteiger charge is -2.39. The average Bonchev–Trinajstić information content (AvgIpc) is 3.48. The molecule has 1 aromatic carbocycles. The van der Waals surface area contributed by atoms with Crippen molar-refractivity contribution >= 4 is 39.7 Å². The zero-order valence-corrected chi connectivity index (χ0v) is 21.1. The van der Waals surface area contributed by atoms with E-state index in [0.717, 1.165) is 24.3 Å². The number of nitrogens with one attached hydrogen (secondary N) is 1. The zero-order valence-electron chi connectivity index (χ0n) is 20.3. The maximum atomic E-state index is 15.1. The van der Waals surface area contributed by atoms with Crippen LogP contribution >= 0.6 is 11.3 Å². The quantitative estimate of drug-likeness (QED) is 0.397. The topological polar surface area (TPSA) is 108 Å². The molecule has 194 valence electrons. The molecule has 0 aliphatic carbocycles. The normalized spacial score (nSPS) is 18.6. The molecule has 0 spiro atoms. The first kappa shape index (κ1) is 25.8. The minimum absolute atomic E-state index is 0.153. The van der Waals surface area contributed by atoms with Crippen LogP contribution in [0, 0.1) is 15.9 Å². The van der Waals surface area contributed by atoms with Crippen LogP contribution in [0.2, 0.25) is 0 Å². The van der Waals surface area contributed by atoms with E-state index < -0.39 is 18.0 Å². The third kappa shape index (κ3) is 5.93. The van der Waals surface area contributed by atoms with Gasteiger partial charge in [0.15, 0.2) is 0 Å². The van der Waals surface area contributed by atoms with Gasteiger partial charge in [-0.3, -0.25) is 24.7 Å². The van der Waals surface area contributed by atoms with Crippen molar-refractivity contribution in [2.24, 2.45) is 0 Å². The number of halogens is 1. The molecular weight excluding hydrogens is 489 g/mol. The summed E-state index contributed by atoms with van der Waals surface area (Å²) in [5.41, 5.74) is 0.917. The van der Waals surface area contributed by atoms with Crippen molar-refractivity contribution in [1.29, 1.82) is 0 Å². The summed E-state index contributed by atoms with van der Waals surface area (Å²) in [5, 5.41) is 13.7. The number of amides is 2. The molecule has 0 unspecified atom stereocenters. The van der Waals surface area contributed by atoms with Crippen LogP contribution in [0.3, 0.4) is 0 Å². The molecule has 10 nitrogen and oxygen atoms in total. The maximum Gasteiger partial charge on any atom is 0.414 e. The fourth-order valence-corrected chi connectivity index (χ4v) is 5.58. The van der Waals surface area contributed by atoms with Crippen LogP contribution in [0.15, 0.2) is 30.3 Å². The molecule has 2 aliphatic rings. The molecule has 2 aliphatic heterocycles. The number of rotatable bonds is 9. The molecule has 0 saturated carbocycles. The Hall–Kier alpha value is -3.25. The minimum Gasteiger partial charge on any atom is -0.442 e. The molecule has 2 amide bonds. The number of hydrogen-bond donors (Lipinski definition) is 1. The van der Waals surface area contributed by atoms with Gasteiger partial charge in [0.25, 0.3) is 0 Å². The number of piperidine rings is 1. The first-order valence-corrected chi connectivity index (χ1v) is 12.8. The highest BCUT2D eigenvalue weighted by atomic mass is 32.1. The van der Waals surface area contributed by atoms with Crippen molar-refractivity contribution in [2.45, 2.75) is 45.4 Å². The van der Waals surface area contributed by atoms with Gasteiger partial charge < -0.3 is 15.0 Å². The Bertz CT molecular complexity index is 1120. The lowest BCUT2D eigenvalue weighted by Crippen LogP contribution is -2.44. The number of anilines is 2. The van der Waals surface area contributed by atoms with E-state index in [2.05, 4.69) is 17.1 Å². The van der Waals surface area contributed by atoms with Crippen molar-refractivity contribution < 1.29 is 23.6 Å². The van der Waals surface area contributed by atoms with Gasteiger partial charge in [-0.2, -0.15) is 0 Å². The molecule has 2 saturated heterocycles. The van der Waals surface area contributed by atoms with Gasteiger partial charge in [-0.25, -0.2) is 9.18 Å². The Morgan fingerprint density at radius 3 is 2.67 bits per heavy atom. The number of carbonyl (C=O) groups is 2.